The number of halogens is 3. The second kappa shape index (κ2) is 8.93. The summed E-state index contributed by atoms with van der Waals surface area (Å²) < 4.78 is 44.1. The number of nitrogens with zero attached hydrogens (tertiary/aromatic N) is 3. The Balaban J connectivity index is 1.40. The third kappa shape index (κ3) is 5.22. The van der Waals surface area contributed by atoms with Crippen molar-refractivity contribution >= 4 is 5.91 Å². The topological polar surface area (TPSA) is 92.8 Å². The van der Waals surface area contributed by atoms with Crippen molar-refractivity contribution < 1.29 is 22.7 Å². The van der Waals surface area contributed by atoms with Gasteiger partial charge in [-0.25, -0.2) is 5.10 Å². The van der Waals surface area contributed by atoms with E-state index in [0.717, 1.165) is 36.1 Å². The molecule has 1 saturated carbocycles. The molecule has 1 atom stereocenters. The maximum atomic E-state index is 13.1. The van der Waals surface area contributed by atoms with Crippen LogP contribution in [0.2, 0.25) is 0 Å². The molecular weight excluding hydrogens is 435 g/mol. The smallest absolute Gasteiger partial charge is 0.363 e. The van der Waals surface area contributed by atoms with Crippen LogP contribution >= 0.6 is 0 Å². The Bertz CT molecular complexity index is 1080. The number of aromatic amines is 1. The molecule has 1 fully saturated rings. The highest BCUT2D eigenvalue weighted by Gasteiger charge is 2.47. The molecule has 1 heterocycles. The van der Waals surface area contributed by atoms with Crippen molar-refractivity contribution in [1.82, 2.24) is 25.9 Å². The number of ether oxygens (including phenoxy) is 1. The van der Waals surface area contributed by atoms with Gasteiger partial charge in [0.2, 0.25) is 5.91 Å². The van der Waals surface area contributed by atoms with Crippen molar-refractivity contribution in [3.05, 3.63) is 65.2 Å². The Labute approximate surface area is 188 Å². The molecule has 3 aromatic rings. The van der Waals surface area contributed by atoms with Gasteiger partial charge < -0.3 is 10.1 Å². The minimum absolute atomic E-state index is 0.0430. The number of rotatable bonds is 8. The highest BCUT2D eigenvalue weighted by molar-refractivity contribution is 5.82. The summed E-state index contributed by atoms with van der Waals surface area (Å²) >= 11 is 0. The average Bonchev–Trinajstić information content (AvgIpc) is 3.34. The summed E-state index contributed by atoms with van der Waals surface area (Å²) in [5.41, 5.74) is 1.23. The minimum atomic E-state index is -4.39. The molecule has 1 amide bonds. The second-order valence-corrected chi connectivity index (χ2v) is 8.57. The van der Waals surface area contributed by atoms with Crippen molar-refractivity contribution in [1.29, 1.82) is 0 Å². The lowest BCUT2D eigenvalue weighted by Gasteiger charge is -2.25. The zero-order chi connectivity index (χ0) is 23.6. The maximum absolute atomic E-state index is 13.1. The van der Waals surface area contributed by atoms with Crippen LogP contribution in [0.25, 0.3) is 11.4 Å². The van der Waals surface area contributed by atoms with E-state index in [4.69, 9.17) is 4.74 Å². The second-order valence-electron chi connectivity index (χ2n) is 8.57. The monoisotopic (exact) mass is 459 g/mol. The number of tetrazole rings is 1. The third-order valence-electron chi connectivity index (χ3n) is 5.74. The normalized spacial score (nSPS) is 15.9. The number of aromatic nitrogens is 4. The van der Waals surface area contributed by atoms with Crippen LogP contribution in [0.15, 0.2) is 48.5 Å². The Morgan fingerprint density at radius 1 is 1.12 bits per heavy atom. The molecule has 0 unspecified atom stereocenters. The SMILES string of the molecule is CC(C)[C@@H](OCc1ccc(C(F)(F)F)cc1)C(=O)NC1(c2ccc(-c3nnn[nH]3)cc2)CC1. The van der Waals surface area contributed by atoms with Crippen LogP contribution in [-0.4, -0.2) is 32.6 Å². The first-order valence-corrected chi connectivity index (χ1v) is 10.6. The van der Waals surface area contributed by atoms with E-state index >= 15 is 0 Å². The molecule has 7 nitrogen and oxygen atoms in total. The number of benzene rings is 2. The van der Waals surface area contributed by atoms with Crippen molar-refractivity contribution in [3.8, 4) is 11.4 Å². The zero-order valence-electron chi connectivity index (χ0n) is 18.2. The van der Waals surface area contributed by atoms with E-state index in [0.29, 0.717) is 11.4 Å². The van der Waals surface area contributed by atoms with E-state index in [1.807, 2.05) is 38.1 Å². The molecule has 1 aromatic heterocycles. The Kier molecular flexibility index (Phi) is 6.20. The van der Waals surface area contributed by atoms with E-state index < -0.39 is 23.4 Å². The Hall–Kier alpha value is -3.27. The van der Waals surface area contributed by atoms with Crippen molar-refractivity contribution in [2.75, 3.05) is 0 Å². The quantitative estimate of drug-likeness (QED) is 0.526. The van der Waals surface area contributed by atoms with Crippen molar-refractivity contribution in [2.24, 2.45) is 5.92 Å². The number of carbonyl (C=O) groups is 1. The molecule has 0 spiro atoms. The zero-order valence-corrected chi connectivity index (χ0v) is 18.2. The van der Waals surface area contributed by atoms with E-state index in [1.165, 1.54) is 12.1 Å². The average molecular weight is 459 g/mol. The number of carbonyl (C=O) groups excluding carboxylic acids is 1. The summed E-state index contributed by atoms with van der Waals surface area (Å²) in [4.78, 5) is 13.1. The Morgan fingerprint density at radius 2 is 1.79 bits per heavy atom. The van der Waals surface area contributed by atoms with E-state index in [-0.39, 0.29) is 18.4 Å². The van der Waals surface area contributed by atoms with Gasteiger partial charge in [-0.2, -0.15) is 13.2 Å². The van der Waals surface area contributed by atoms with Crippen molar-refractivity contribution in [2.45, 2.75) is 51.1 Å². The lowest BCUT2D eigenvalue weighted by Crippen LogP contribution is -2.44. The Morgan fingerprint density at radius 3 is 2.30 bits per heavy atom. The van der Waals surface area contributed by atoms with Crippen LogP contribution in [0.3, 0.4) is 0 Å². The van der Waals surface area contributed by atoms with Gasteiger partial charge in [0.25, 0.3) is 0 Å². The highest BCUT2D eigenvalue weighted by atomic mass is 19.4. The first-order chi connectivity index (χ1) is 15.7. The molecule has 0 bridgehead atoms. The van der Waals surface area contributed by atoms with Gasteiger partial charge in [-0.15, -0.1) is 5.10 Å². The van der Waals surface area contributed by atoms with Gasteiger partial charge in [-0.1, -0.05) is 50.2 Å². The molecule has 10 heteroatoms. The highest BCUT2D eigenvalue weighted by Crippen LogP contribution is 2.46. The summed E-state index contributed by atoms with van der Waals surface area (Å²) in [7, 11) is 0. The molecular formula is C23H24F3N5O2. The molecule has 174 valence electrons. The summed E-state index contributed by atoms with van der Waals surface area (Å²) in [6, 6.07) is 12.4. The number of H-pyrrole nitrogens is 1. The fraction of sp³-hybridized carbons (Fsp3) is 0.391. The van der Waals surface area contributed by atoms with Gasteiger partial charge >= 0.3 is 6.18 Å². The lowest BCUT2D eigenvalue weighted by atomic mass is 10.0. The lowest BCUT2D eigenvalue weighted by molar-refractivity contribution is -0.138. The molecule has 1 aliphatic carbocycles. The first kappa shape index (κ1) is 22.9. The maximum Gasteiger partial charge on any atom is 0.416 e. The standard InChI is InChI=1S/C23H24F3N5O2/c1-14(2)19(33-13-15-3-7-18(8-4-15)23(24,25)26)21(32)27-22(11-12-22)17-9-5-16(6-10-17)20-28-30-31-29-20/h3-10,14,19H,11-13H2,1-2H3,(H,27,32)(H,28,29,30,31)/t19-/m1/s1. The van der Waals surface area contributed by atoms with Crippen LogP contribution in [0.5, 0.6) is 0 Å². The predicted octanol–water partition coefficient (Wildman–Crippen LogP) is 4.23. The first-order valence-electron chi connectivity index (χ1n) is 10.6. The van der Waals surface area contributed by atoms with E-state index in [1.54, 1.807) is 0 Å². The van der Waals surface area contributed by atoms with E-state index in [9.17, 15) is 18.0 Å². The number of hydrogen-bond donors (Lipinski definition) is 2. The number of hydrogen-bond acceptors (Lipinski definition) is 5. The summed E-state index contributed by atoms with van der Waals surface area (Å²) in [5, 5.41) is 16.9. The molecule has 2 N–H and O–H groups in total. The fourth-order valence-electron chi connectivity index (χ4n) is 3.69. The number of alkyl halides is 3. The molecule has 1 aliphatic rings. The molecule has 2 aromatic carbocycles. The largest absolute Gasteiger partial charge is 0.416 e. The van der Waals surface area contributed by atoms with Crippen LogP contribution in [0.4, 0.5) is 13.2 Å². The molecule has 4 rings (SSSR count). The summed E-state index contributed by atoms with van der Waals surface area (Å²) in [6.45, 7) is 3.79. The molecule has 0 aliphatic heterocycles. The third-order valence-corrected chi connectivity index (χ3v) is 5.74. The molecule has 33 heavy (non-hydrogen) atoms. The molecule has 0 radical (unpaired) electrons. The summed E-state index contributed by atoms with van der Waals surface area (Å²) in [6.07, 6.45) is -3.50. The van der Waals surface area contributed by atoms with Crippen LogP contribution in [0.1, 0.15) is 43.4 Å². The van der Waals surface area contributed by atoms with Crippen LogP contribution in [-0.2, 0) is 27.9 Å². The summed E-state index contributed by atoms with van der Waals surface area (Å²) in [5.74, 6) is 0.210. The fourth-order valence-corrected chi connectivity index (χ4v) is 3.69. The number of nitrogens with one attached hydrogen (secondary N) is 2. The van der Waals surface area contributed by atoms with Gasteiger partial charge in [-0.3, -0.25) is 4.79 Å². The van der Waals surface area contributed by atoms with Gasteiger partial charge in [0.05, 0.1) is 17.7 Å². The van der Waals surface area contributed by atoms with Gasteiger partial charge in [-0.05, 0) is 52.4 Å². The predicted molar refractivity (Wildman–Crippen MR) is 114 cm³/mol. The van der Waals surface area contributed by atoms with Crippen LogP contribution < -0.4 is 5.32 Å². The van der Waals surface area contributed by atoms with Gasteiger partial charge in [0.1, 0.15) is 6.10 Å². The van der Waals surface area contributed by atoms with Gasteiger partial charge in [0.15, 0.2) is 5.82 Å². The van der Waals surface area contributed by atoms with Crippen molar-refractivity contribution in [3.63, 3.8) is 0 Å². The van der Waals surface area contributed by atoms with Crippen LogP contribution in [0, 0.1) is 5.92 Å². The van der Waals surface area contributed by atoms with Gasteiger partial charge in [0, 0.05) is 5.56 Å². The molecule has 0 saturated heterocycles. The minimum Gasteiger partial charge on any atom is -0.363 e. The van der Waals surface area contributed by atoms with E-state index in [2.05, 4.69) is 25.9 Å². The number of amides is 1.